The van der Waals surface area contributed by atoms with E-state index in [1.807, 2.05) is 12.3 Å². The van der Waals surface area contributed by atoms with Gasteiger partial charge in [-0.15, -0.1) is 0 Å². The van der Waals surface area contributed by atoms with Crippen LogP contribution in [0.1, 0.15) is 11.1 Å². The predicted molar refractivity (Wildman–Crippen MR) is 75.7 cm³/mol. The van der Waals surface area contributed by atoms with Gasteiger partial charge in [-0.2, -0.15) is 0 Å². The van der Waals surface area contributed by atoms with Crippen LogP contribution in [0, 0.1) is 0 Å². The van der Waals surface area contributed by atoms with Crippen LogP contribution in [0.5, 0.6) is 0 Å². The fourth-order valence-corrected chi connectivity index (χ4v) is 2.68. The fourth-order valence-electron chi connectivity index (χ4n) is 2.68. The summed E-state index contributed by atoms with van der Waals surface area (Å²) in [4.78, 5) is 16.2. The number of fused-ring (bicyclic) bond motifs is 1. The molecule has 5 nitrogen and oxygen atoms in total. The molecule has 1 unspecified atom stereocenters. The van der Waals surface area contributed by atoms with Gasteiger partial charge in [0.2, 0.25) is 0 Å². The third kappa shape index (κ3) is 2.25. The number of cyclic esters (lactones) is 1. The lowest BCUT2D eigenvalue weighted by Crippen LogP contribution is -2.31. The highest BCUT2D eigenvalue weighted by molar-refractivity contribution is 5.84. The summed E-state index contributed by atoms with van der Waals surface area (Å²) in [5.41, 5.74) is 3.37. The SMILES string of the molecule is CN1C(=O)OCC1Cc1ccc2[nH]cc(CCO)c2c1. The molecule has 1 aliphatic rings. The Morgan fingerprint density at radius 1 is 1.50 bits per heavy atom. The molecule has 1 atom stereocenters. The average molecular weight is 274 g/mol. The van der Waals surface area contributed by atoms with Gasteiger partial charge in [0.05, 0.1) is 6.04 Å². The van der Waals surface area contributed by atoms with E-state index >= 15 is 0 Å². The van der Waals surface area contributed by atoms with Crippen molar-refractivity contribution in [1.82, 2.24) is 9.88 Å². The summed E-state index contributed by atoms with van der Waals surface area (Å²) in [6.45, 7) is 0.592. The van der Waals surface area contributed by atoms with Crippen LogP contribution in [0.2, 0.25) is 0 Å². The van der Waals surface area contributed by atoms with E-state index in [0.717, 1.165) is 22.9 Å². The molecule has 0 saturated carbocycles. The van der Waals surface area contributed by atoms with Crippen LogP contribution in [-0.4, -0.2) is 47.4 Å². The molecule has 20 heavy (non-hydrogen) atoms. The Hall–Kier alpha value is -2.01. The van der Waals surface area contributed by atoms with Gasteiger partial charge in [0, 0.05) is 30.8 Å². The van der Waals surface area contributed by atoms with E-state index in [1.165, 1.54) is 5.56 Å². The van der Waals surface area contributed by atoms with Crippen molar-refractivity contribution in [3.05, 3.63) is 35.5 Å². The van der Waals surface area contributed by atoms with Gasteiger partial charge in [0.15, 0.2) is 0 Å². The van der Waals surface area contributed by atoms with E-state index in [2.05, 4.69) is 17.1 Å². The largest absolute Gasteiger partial charge is 0.447 e. The number of aromatic amines is 1. The smallest absolute Gasteiger partial charge is 0.409 e. The van der Waals surface area contributed by atoms with E-state index in [4.69, 9.17) is 9.84 Å². The Bertz CT molecular complexity index is 635. The third-order valence-electron chi connectivity index (χ3n) is 3.92. The summed E-state index contributed by atoms with van der Waals surface area (Å²) in [5, 5.41) is 10.2. The Balaban J connectivity index is 1.85. The minimum atomic E-state index is -0.251. The molecule has 3 rings (SSSR count). The maximum absolute atomic E-state index is 11.4. The quantitative estimate of drug-likeness (QED) is 0.891. The second-order valence-corrected chi connectivity index (χ2v) is 5.21. The second kappa shape index (κ2) is 5.17. The number of benzene rings is 1. The van der Waals surface area contributed by atoms with Crippen molar-refractivity contribution in [3.8, 4) is 0 Å². The highest BCUT2D eigenvalue weighted by Crippen LogP contribution is 2.22. The van der Waals surface area contributed by atoms with Gasteiger partial charge in [-0.3, -0.25) is 0 Å². The van der Waals surface area contributed by atoms with Crippen LogP contribution >= 0.6 is 0 Å². The lowest BCUT2D eigenvalue weighted by Gasteiger charge is -2.16. The molecule has 1 fully saturated rings. The molecule has 1 aromatic carbocycles. The van der Waals surface area contributed by atoms with Crippen LogP contribution in [0.3, 0.4) is 0 Å². The molecule has 1 amide bonds. The number of aromatic nitrogens is 1. The molecule has 0 bridgehead atoms. The number of carbonyl (C=O) groups excluding carboxylic acids is 1. The van der Waals surface area contributed by atoms with Crippen LogP contribution in [-0.2, 0) is 17.6 Å². The summed E-state index contributed by atoms with van der Waals surface area (Å²) in [6.07, 6.45) is 3.12. The number of aliphatic hydroxyl groups is 1. The van der Waals surface area contributed by atoms with E-state index in [0.29, 0.717) is 13.0 Å². The van der Waals surface area contributed by atoms with Crippen LogP contribution < -0.4 is 0 Å². The van der Waals surface area contributed by atoms with Gasteiger partial charge in [-0.25, -0.2) is 4.79 Å². The third-order valence-corrected chi connectivity index (χ3v) is 3.92. The Labute approximate surface area is 117 Å². The monoisotopic (exact) mass is 274 g/mol. The highest BCUT2D eigenvalue weighted by Gasteiger charge is 2.29. The number of hydrogen-bond donors (Lipinski definition) is 2. The van der Waals surface area contributed by atoms with Crippen LogP contribution in [0.4, 0.5) is 4.79 Å². The maximum atomic E-state index is 11.4. The van der Waals surface area contributed by atoms with Crippen molar-refractivity contribution < 1.29 is 14.6 Å². The molecule has 5 heteroatoms. The first-order chi connectivity index (χ1) is 9.69. The maximum Gasteiger partial charge on any atom is 0.409 e. The topological polar surface area (TPSA) is 65.6 Å². The van der Waals surface area contributed by atoms with Gasteiger partial charge < -0.3 is 19.7 Å². The van der Waals surface area contributed by atoms with Gasteiger partial charge in [0.1, 0.15) is 6.61 Å². The number of nitrogens with one attached hydrogen (secondary N) is 1. The van der Waals surface area contributed by atoms with E-state index in [1.54, 1.807) is 11.9 Å². The molecule has 106 valence electrons. The van der Waals surface area contributed by atoms with Gasteiger partial charge in [-0.1, -0.05) is 6.07 Å². The molecule has 2 N–H and O–H groups in total. The molecule has 1 aliphatic heterocycles. The number of rotatable bonds is 4. The zero-order chi connectivity index (χ0) is 14.1. The number of H-pyrrole nitrogens is 1. The van der Waals surface area contributed by atoms with Crippen LogP contribution in [0.25, 0.3) is 10.9 Å². The zero-order valence-electron chi connectivity index (χ0n) is 11.4. The fraction of sp³-hybridized carbons (Fsp3) is 0.400. The molecular formula is C15H18N2O3. The van der Waals surface area contributed by atoms with Crippen molar-refractivity contribution in [1.29, 1.82) is 0 Å². The van der Waals surface area contributed by atoms with E-state index < -0.39 is 0 Å². The van der Waals surface area contributed by atoms with Crippen molar-refractivity contribution in [2.24, 2.45) is 0 Å². The predicted octanol–water partition coefficient (Wildman–Crippen LogP) is 1.70. The minimum absolute atomic E-state index is 0.0974. The van der Waals surface area contributed by atoms with Gasteiger partial charge in [-0.05, 0) is 36.1 Å². The number of carbonyl (C=O) groups is 1. The Morgan fingerprint density at radius 2 is 2.35 bits per heavy atom. The van der Waals surface area contributed by atoms with Crippen LogP contribution in [0.15, 0.2) is 24.4 Å². The molecule has 0 aliphatic carbocycles. The van der Waals surface area contributed by atoms with Crippen molar-refractivity contribution in [3.63, 3.8) is 0 Å². The molecule has 0 radical (unpaired) electrons. The summed E-state index contributed by atoms with van der Waals surface area (Å²) in [6, 6.07) is 6.34. The normalized spacial score (nSPS) is 18.8. The summed E-state index contributed by atoms with van der Waals surface area (Å²) in [7, 11) is 1.77. The molecule has 1 saturated heterocycles. The number of likely N-dealkylation sites (N-methyl/N-ethyl adjacent to an activating group) is 1. The van der Waals surface area contributed by atoms with Gasteiger partial charge in [0.25, 0.3) is 0 Å². The number of aliphatic hydroxyl groups excluding tert-OH is 1. The lowest BCUT2D eigenvalue weighted by atomic mass is 10.0. The number of ether oxygens (including phenoxy) is 1. The first kappa shape index (κ1) is 13.0. The number of hydrogen-bond acceptors (Lipinski definition) is 3. The molecule has 0 spiro atoms. The molecule has 2 heterocycles. The van der Waals surface area contributed by atoms with E-state index in [9.17, 15) is 4.79 Å². The standard InChI is InChI=1S/C15H18N2O3/c1-17-12(9-20-15(17)19)6-10-2-3-14-13(7-10)11(4-5-18)8-16-14/h2-3,7-8,12,16,18H,4-6,9H2,1H3. The number of nitrogens with zero attached hydrogens (tertiary/aromatic N) is 1. The van der Waals surface area contributed by atoms with Crippen molar-refractivity contribution in [2.75, 3.05) is 20.3 Å². The van der Waals surface area contributed by atoms with Crippen molar-refractivity contribution in [2.45, 2.75) is 18.9 Å². The summed E-state index contributed by atoms with van der Waals surface area (Å²) in [5.74, 6) is 0. The first-order valence-electron chi connectivity index (χ1n) is 6.78. The molecule has 1 aromatic heterocycles. The second-order valence-electron chi connectivity index (χ2n) is 5.21. The highest BCUT2D eigenvalue weighted by atomic mass is 16.6. The Kier molecular flexibility index (Phi) is 3.36. The summed E-state index contributed by atoms with van der Waals surface area (Å²) < 4.78 is 5.03. The lowest BCUT2D eigenvalue weighted by molar-refractivity contribution is 0.163. The zero-order valence-corrected chi connectivity index (χ0v) is 11.4. The molecular weight excluding hydrogens is 256 g/mol. The molecule has 2 aromatic rings. The van der Waals surface area contributed by atoms with Crippen molar-refractivity contribution >= 4 is 17.0 Å². The number of amides is 1. The summed E-state index contributed by atoms with van der Waals surface area (Å²) >= 11 is 0. The average Bonchev–Trinajstić information content (AvgIpc) is 2.98. The van der Waals surface area contributed by atoms with E-state index in [-0.39, 0.29) is 18.7 Å². The first-order valence-corrected chi connectivity index (χ1v) is 6.78. The minimum Gasteiger partial charge on any atom is -0.447 e. The van der Waals surface area contributed by atoms with Gasteiger partial charge >= 0.3 is 6.09 Å². The Morgan fingerprint density at radius 3 is 3.05 bits per heavy atom.